The average molecular weight is 300 g/mol. The van der Waals surface area contributed by atoms with Crippen molar-refractivity contribution in [2.45, 2.75) is 50.6 Å². The van der Waals surface area contributed by atoms with Gasteiger partial charge in [0.25, 0.3) is 0 Å². The fourth-order valence-electron chi connectivity index (χ4n) is 3.12. The molecule has 112 valence electrons. The van der Waals surface area contributed by atoms with Gasteiger partial charge in [-0.3, -0.25) is 0 Å². The summed E-state index contributed by atoms with van der Waals surface area (Å²) in [6.45, 7) is 6.62. The molecule has 0 saturated carbocycles. The van der Waals surface area contributed by atoms with E-state index in [0.717, 1.165) is 12.8 Å². The minimum absolute atomic E-state index is 0.296. The maximum absolute atomic E-state index is 3.77. The molecule has 21 heavy (non-hydrogen) atoms. The molecule has 2 aliphatic rings. The summed E-state index contributed by atoms with van der Waals surface area (Å²) in [5, 5.41) is 3.77. The fraction of sp³-hybridized carbons (Fsp3) is 0.444. The van der Waals surface area contributed by atoms with Crippen molar-refractivity contribution in [1.29, 1.82) is 0 Å². The predicted octanol–water partition coefficient (Wildman–Crippen LogP) is 4.59. The zero-order chi connectivity index (χ0) is 15.0. The molecule has 1 atom stereocenters. The Morgan fingerprint density at radius 2 is 2.14 bits per heavy atom. The molecule has 0 spiro atoms. The molecule has 1 aliphatic carbocycles. The summed E-state index contributed by atoms with van der Waals surface area (Å²) in [5.41, 5.74) is 5.64. The lowest BCUT2D eigenvalue weighted by Gasteiger charge is -2.27. The Labute approximate surface area is 132 Å². The van der Waals surface area contributed by atoms with Gasteiger partial charge in [0.05, 0.1) is 6.04 Å². The second-order valence-corrected chi connectivity index (χ2v) is 7.40. The Balaban J connectivity index is 2.13. The first-order valence-electron chi connectivity index (χ1n) is 7.74. The number of allylic oxidation sites excluding steroid dienone is 2. The van der Waals surface area contributed by atoms with E-state index in [-0.39, 0.29) is 0 Å². The lowest BCUT2D eigenvalue weighted by Crippen LogP contribution is -2.30. The summed E-state index contributed by atoms with van der Waals surface area (Å²) in [6, 6.07) is 7.59. The number of benzene rings is 1. The summed E-state index contributed by atoms with van der Waals surface area (Å²) < 4.78 is 2.36. The molecule has 1 unspecified atom stereocenters. The predicted molar refractivity (Wildman–Crippen MR) is 91.2 cm³/mol. The number of rotatable bonds is 2. The fourth-order valence-corrected chi connectivity index (χ4v) is 4.25. The third-order valence-corrected chi connectivity index (χ3v) is 5.13. The minimum atomic E-state index is 0.296. The highest BCUT2D eigenvalue weighted by atomic mass is 32.2. The van der Waals surface area contributed by atoms with Gasteiger partial charge in [-0.2, -0.15) is 0 Å². The van der Waals surface area contributed by atoms with Crippen LogP contribution in [0.2, 0.25) is 0 Å². The summed E-state index contributed by atoms with van der Waals surface area (Å²) in [7, 11) is 2.20. The van der Waals surface area contributed by atoms with Crippen molar-refractivity contribution >= 4 is 11.9 Å². The van der Waals surface area contributed by atoms with Crippen molar-refractivity contribution in [1.82, 2.24) is 9.62 Å². The maximum Gasteiger partial charge on any atom is 0.0607 e. The lowest BCUT2D eigenvalue weighted by atomic mass is 9.91. The zero-order valence-corrected chi connectivity index (χ0v) is 14.1. The van der Waals surface area contributed by atoms with E-state index in [9.17, 15) is 0 Å². The van der Waals surface area contributed by atoms with Crippen molar-refractivity contribution in [3.63, 3.8) is 0 Å². The normalized spacial score (nSPS) is 21.4. The second-order valence-electron chi connectivity index (χ2n) is 6.23. The summed E-state index contributed by atoms with van der Waals surface area (Å²) >= 11 is 1.86. The van der Waals surface area contributed by atoms with E-state index in [1.807, 2.05) is 11.9 Å². The van der Waals surface area contributed by atoms with Gasteiger partial charge in [0.2, 0.25) is 0 Å². The lowest BCUT2D eigenvalue weighted by molar-refractivity contribution is 0.510. The monoisotopic (exact) mass is 300 g/mol. The quantitative estimate of drug-likeness (QED) is 0.804. The van der Waals surface area contributed by atoms with Crippen molar-refractivity contribution in [3.05, 3.63) is 52.7 Å². The molecular weight excluding hydrogens is 276 g/mol. The number of hydrogen-bond donors (Lipinski definition) is 1. The minimum Gasteiger partial charge on any atom is -0.319 e. The number of hydrogen-bond acceptors (Lipinski definition) is 3. The highest BCUT2D eigenvalue weighted by molar-refractivity contribution is 7.97. The highest BCUT2D eigenvalue weighted by Crippen LogP contribution is 2.43. The molecule has 3 heteroatoms. The Bertz CT molecular complexity index is 601. The smallest absolute Gasteiger partial charge is 0.0607 e. The second kappa shape index (κ2) is 5.90. The van der Waals surface area contributed by atoms with Gasteiger partial charge in [0.15, 0.2) is 0 Å². The molecule has 1 N–H and O–H groups in total. The van der Waals surface area contributed by atoms with Crippen LogP contribution in [0, 0.1) is 6.92 Å². The third kappa shape index (κ3) is 2.90. The van der Waals surface area contributed by atoms with Crippen LogP contribution >= 0.6 is 11.9 Å². The van der Waals surface area contributed by atoms with E-state index in [2.05, 4.69) is 67.8 Å². The SMILES string of the molecule is Cc1ccc2c(c1)SN(C)C1=C(C=CCC1)C2NC(C)C. The molecule has 1 aromatic rings. The Kier molecular flexibility index (Phi) is 4.14. The van der Waals surface area contributed by atoms with E-state index >= 15 is 0 Å². The Morgan fingerprint density at radius 3 is 2.90 bits per heavy atom. The first kappa shape index (κ1) is 14.7. The van der Waals surface area contributed by atoms with Crippen LogP contribution in [0.5, 0.6) is 0 Å². The molecule has 1 aliphatic heterocycles. The van der Waals surface area contributed by atoms with Gasteiger partial charge in [-0.15, -0.1) is 0 Å². The zero-order valence-electron chi connectivity index (χ0n) is 13.3. The van der Waals surface area contributed by atoms with Crippen LogP contribution in [0.25, 0.3) is 0 Å². The van der Waals surface area contributed by atoms with E-state index in [0.29, 0.717) is 12.1 Å². The maximum atomic E-state index is 3.77. The van der Waals surface area contributed by atoms with Crippen LogP contribution in [0.15, 0.2) is 46.5 Å². The van der Waals surface area contributed by atoms with Crippen molar-refractivity contribution < 1.29 is 0 Å². The van der Waals surface area contributed by atoms with Crippen molar-refractivity contribution in [2.75, 3.05) is 7.05 Å². The molecule has 0 aromatic heterocycles. The molecule has 1 heterocycles. The van der Waals surface area contributed by atoms with Gasteiger partial charge in [0.1, 0.15) is 0 Å². The van der Waals surface area contributed by atoms with E-state index in [1.165, 1.54) is 27.3 Å². The van der Waals surface area contributed by atoms with Gasteiger partial charge < -0.3 is 9.62 Å². The number of nitrogens with zero attached hydrogens (tertiary/aromatic N) is 1. The topological polar surface area (TPSA) is 15.3 Å². The number of nitrogens with one attached hydrogen (secondary N) is 1. The summed E-state index contributed by atoms with van der Waals surface area (Å²) in [5.74, 6) is 0. The first-order chi connectivity index (χ1) is 10.1. The average Bonchev–Trinajstić information content (AvgIpc) is 2.55. The van der Waals surface area contributed by atoms with E-state index < -0.39 is 0 Å². The van der Waals surface area contributed by atoms with Gasteiger partial charge >= 0.3 is 0 Å². The Morgan fingerprint density at radius 1 is 1.33 bits per heavy atom. The van der Waals surface area contributed by atoms with Gasteiger partial charge in [-0.1, -0.05) is 24.3 Å². The van der Waals surface area contributed by atoms with E-state index in [4.69, 9.17) is 0 Å². The van der Waals surface area contributed by atoms with Crippen LogP contribution < -0.4 is 5.32 Å². The molecular formula is C18H24N2S. The van der Waals surface area contributed by atoms with Crippen LogP contribution in [0.1, 0.15) is 43.9 Å². The Hall–Kier alpha value is -1.19. The first-order valence-corrected chi connectivity index (χ1v) is 8.51. The van der Waals surface area contributed by atoms with Gasteiger partial charge in [0, 0.05) is 23.7 Å². The molecule has 0 bridgehead atoms. The molecule has 3 rings (SSSR count). The molecule has 0 amide bonds. The third-order valence-electron chi connectivity index (χ3n) is 4.08. The number of aryl methyl sites for hydroxylation is 1. The largest absolute Gasteiger partial charge is 0.319 e. The van der Waals surface area contributed by atoms with Crippen molar-refractivity contribution in [2.24, 2.45) is 0 Å². The molecule has 1 aromatic carbocycles. The van der Waals surface area contributed by atoms with E-state index in [1.54, 1.807) is 0 Å². The standard InChI is InChI=1S/C18H24N2S/c1-12(2)19-18-14-7-5-6-8-16(14)20(4)21-17-11-13(3)9-10-15(17)18/h5,7,9-12,18-19H,6,8H2,1-4H3. The summed E-state index contributed by atoms with van der Waals surface area (Å²) in [4.78, 5) is 1.37. The highest BCUT2D eigenvalue weighted by Gasteiger charge is 2.28. The summed E-state index contributed by atoms with van der Waals surface area (Å²) in [6.07, 6.45) is 6.92. The van der Waals surface area contributed by atoms with Crippen LogP contribution in [-0.4, -0.2) is 17.4 Å². The number of fused-ring (bicyclic) bond motifs is 1. The van der Waals surface area contributed by atoms with Crippen LogP contribution in [0.4, 0.5) is 0 Å². The molecule has 0 radical (unpaired) electrons. The molecule has 0 saturated heterocycles. The molecule has 2 nitrogen and oxygen atoms in total. The van der Waals surface area contributed by atoms with Gasteiger partial charge in [-0.25, -0.2) is 0 Å². The van der Waals surface area contributed by atoms with Crippen LogP contribution in [-0.2, 0) is 0 Å². The molecule has 0 fully saturated rings. The van der Waals surface area contributed by atoms with Crippen LogP contribution in [0.3, 0.4) is 0 Å². The van der Waals surface area contributed by atoms with Crippen molar-refractivity contribution in [3.8, 4) is 0 Å². The van der Waals surface area contributed by atoms with Gasteiger partial charge in [-0.05, 0) is 68.3 Å².